The van der Waals surface area contributed by atoms with E-state index in [2.05, 4.69) is 27.7 Å². The van der Waals surface area contributed by atoms with Crippen LogP contribution in [-0.2, 0) is 9.53 Å². The number of carbonyl (C=O) groups is 1. The maximum absolute atomic E-state index is 11.7. The molecule has 180 valence electrons. The third-order valence-electron chi connectivity index (χ3n) is 6.10. The quantitative estimate of drug-likeness (QED) is 0.120. The molecule has 0 saturated heterocycles. The van der Waals surface area contributed by atoms with Crippen molar-refractivity contribution in [3.63, 3.8) is 0 Å². The molecule has 30 heavy (non-hydrogen) atoms. The number of rotatable bonds is 23. The maximum atomic E-state index is 11.7. The number of hydrogen-bond acceptors (Lipinski definition) is 2. The van der Waals surface area contributed by atoms with E-state index >= 15 is 0 Å². The summed E-state index contributed by atoms with van der Waals surface area (Å²) >= 11 is 0. The summed E-state index contributed by atoms with van der Waals surface area (Å²) in [6, 6.07) is 0. The van der Waals surface area contributed by atoms with Crippen LogP contribution < -0.4 is 0 Å². The van der Waals surface area contributed by atoms with Crippen LogP contribution in [0.1, 0.15) is 156 Å². The predicted octanol–water partition coefficient (Wildman–Crippen LogP) is 9.64. The molecular formula is C28H56O2. The third-order valence-corrected chi connectivity index (χ3v) is 6.10. The average molecular weight is 425 g/mol. The summed E-state index contributed by atoms with van der Waals surface area (Å²) in [5.41, 5.74) is 0. The van der Waals surface area contributed by atoms with Crippen molar-refractivity contribution < 1.29 is 9.53 Å². The molecule has 0 fully saturated rings. The summed E-state index contributed by atoms with van der Waals surface area (Å²) in [5, 5.41) is 0. The van der Waals surface area contributed by atoms with Gasteiger partial charge >= 0.3 is 5.97 Å². The van der Waals surface area contributed by atoms with Crippen molar-refractivity contribution in [2.75, 3.05) is 6.61 Å². The smallest absolute Gasteiger partial charge is 0.305 e. The Balaban J connectivity index is 3.14. The highest BCUT2D eigenvalue weighted by molar-refractivity contribution is 5.69. The summed E-state index contributed by atoms with van der Waals surface area (Å²) in [4.78, 5) is 11.7. The topological polar surface area (TPSA) is 26.3 Å². The van der Waals surface area contributed by atoms with E-state index in [9.17, 15) is 4.79 Å². The van der Waals surface area contributed by atoms with E-state index in [1.165, 1.54) is 109 Å². The predicted molar refractivity (Wildman–Crippen MR) is 133 cm³/mol. The molecule has 2 nitrogen and oxygen atoms in total. The van der Waals surface area contributed by atoms with Crippen LogP contribution in [0, 0.1) is 11.8 Å². The molecule has 0 unspecified atom stereocenters. The van der Waals surface area contributed by atoms with Gasteiger partial charge in [0.1, 0.15) is 0 Å². The van der Waals surface area contributed by atoms with Gasteiger partial charge in [0.05, 0.1) is 6.61 Å². The van der Waals surface area contributed by atoms with Crippen LogP contribution in [0.25, 0.3) is 0 Å². The molecule has 0 bridgehead atoms. The molecule has 0 heterocycles. The molecule has 0 rings (SSSR count). The van der Waals surface area contributed by atoms with Crippen molar-refractivity contribution in [2.24, 2.45) is 11.8 Å². The Kier molecular flexibility index (Phi) is 22.7. The fourth-order valence-electron chi connectivity index (χ4n) is 4.03. The van der Waals surface area contributed by atoms with Crippen LogP contribution in [0.5, 0.6) is 0 Å². The van der Waals surface area contributed by atoms with E-state index in [4.69, 9.17) is 4.74 Å². The van der Waals surface area contributed by atoms with Crippen molar-refractivity contribution in [1.29, 1.82) is 0 Å². The van der Waals surface area contributed by atoms with Gasteiger partial charge in [0.15, 0.2) is 0 Å². The van der Waals surface area contributed by atoms with Gasteiger partial charge < -0.3 is 4.74 Å². The zero-order chi connectivity index (χ0) is 22.3. The molecule has 2 heteroatoms. The minimum atomic E-state index is 0.0128. The first-order valence-electron chi connectivity index (χ1n) is 13.7. The van der Waals surface area contributed by atoms with Crippen molar-refractivity contribution in [3.05, 3.63) is 0 Å². The largest absolute Gasteiger partial charge is 0.466 e. The van der Waals surface area contributed by atoms with Gasteiger partial charge in [0, 0.05) is 6.42 Å². The number of hydrogen-bond donors (Lipinski definition) is 0. The first kappa shape index (κ1) is 29.5. The monoisotopic (exact) mass is 424 g/mol. The Morgan fingerprint density at radius 3 is 1.23 bits per heavy atom. The van der Waals surface area contributed by atoms with Gasteiger partial charge in [-0.3, -0.25) is 4.79 Å². The number of carbonyl (C=O) groups excluding carboxylic acids is 1. The van der Waals surface area contributed by atoms with Crippen LogP contribution in [0.3, 0.4) is 0 Å². The van der Waals surface area contributed by atoms with E-state index in [0.29, 0.717) is 13.0 Å². The summed E-state index contributed by atoms with van der Waals surface area (Å²) in [6.07, 6.45) is 25.7. The van der Waals surface area contributed by atoms with Crippen LogP contribution in [0.15, 0.2) is 0 Å². The summed E-state index contributed by atoms with van der Waals surface area (Å²) in [7, 11) is 0. The number of esters is 1. The van der Waals surface area contributed by atoms with Gasteiger partial charge in [-0.05, 0) is 24.7 Å². The lowest BCUT2D eigenvalue weighted by Crippen LogP contribution is -2.05. The highest BCUT2D eigenvalue weighted by Crippen LogP contribution is 2.14. The van der Waals surface area contributed by atoms with Crippen molar-refractivity contribution in [1.82, 2.24) is 0 Å². The van der Waals surface area contributed by atoms with Crippen LogP contribution >= 0.6 is 0 Å². The second-order valence-electron chi connectivity index (χ2n) is 10.3. The molecule has 0 aromatic carbocycles. The van der Waals surface area contributed by atoms with Crippen LogP contribution in [0.4, 0.5) is 0 Å². The molecule has 0 spiro atoms. The van der Waals surface area contributed by atoms with Gasteiger partial charge in [0.25, 0.3) is 0 Å². The van der Waals surface area contributed by atoms with Crippen LogP contribution in [-0.4, -0.2) is 12.6 Å². The number of unbranched alkanes of at least 4 members (excludes halogenated alkanes) is 15. The molecule has 0 aliphatic carbocycles. The summed E-state index contributed by atoms with van der Waals surface area (Å²) in [5.74, 6) is 1.69. The zero-order valence-electron chi connectivity index (χ0n) is 21.3. The minimum Gasteiger partial charge on any atom is -0.466 e. The molecule has 0 aromatic rings. The fourth-order valence-corrected chi connectivity index (χ4v) is 4.03. The summed E-state index contributed by atoms with van der Waals surface area (Å²) < 4.78 is 5.37. The lowest BCUT2D eigenvalue weighted by atomic mass is 10.0. The van der Waals surface area contributed by atoms with E-state index < -0.39 is 0 Å². The third kappa shape index (κ3) is 25.5. The highest BCUT2D eigenvalue weighted by atomic mass is 16.5. The SMILES string of the molecule is CC(C)CCCCCCCCCCCCCCCOC(=O)CCCCCCC(C)C. The Hall–Kier alpha value is -0.530. The summed E-state index contributed by atoms with van der Waals surface area (Å²) in [6.45, 7) is 9.83. The Morgan fingerprint density at radius 2 is 0.833 bits per heavy atom. The van der Waals surface area contributed by atoms with E-state index in [0.717, 1.165) is 24.7 Å². The maximum Gasteiger partial charge on any atom is 0.305 e. The standard InChI is InChI=1S/C28H56O2/c1-26(2)22-18-14-12-10-8-6-5-7-9-11-13-17-21-25-30-28(29)24-20-16-15-19-23-27(3)4/h26-27H,5-25H2,1-4H3. The van der Waals surface area contributed by atoms with E-state index in [-0.39, 0.29) is 5.97 Å². The average Bonchev–Trinajstić information content (AvgIpc) is 2.69. The first-order chi connectivity index (χ1) is 14.5. The Bertz CT molecular complexity index is 349. The molecule has 0 saturated carbocycles. The highest BCUT2D eigenvalue weighted by Gasteiger charge is 2.03. The second-order valence-corrected chi connectivity index (χ2v) is 10.3. The molecule has 0 aromatic heterocycles. The normalized spacial score (nSPS) is 11.5. The molecule has 0 aliphatic rings. The first-order valence-corrected chi connectivity index (χ1v) is 13.7. The van der Waals surface area contributed by atoms with Gasteiger partial charge in [-0.25, -0.2) is 0 Å². The molecule has 0 atom stereocenters. The molecular weight excluding hydrogens is 368 g/mol. The van der Waals surface area contributed by atoms with Gasteiger partial charge in [-0.1, -0.05) is 137 Å². The van der Waals surface area contributed by atoms with Crippen LogP contribution in [0.2, 0.25) is 0 Å². The van der Waals surface area contributed by atoms with Gasteiger partial charge in [0.2, 0.25) is 0 Å². The lowest BCUT2D eigenvalue weighted by Gasteiger charge is -2.06. The van der Waals surface area contributed by atoms with Gasteiger partial charge in [-0.2, -0.15) is 0 Å². The Morgan fingerprint density at radius 1 is 0.500 bits per heavy atom. The minimum absolute atomic E-state index is 0.0128. The number of ether oxygens (including phenoxy) is 1. The molecule has 0 radical (unpaired) electrons. The van der Waals surface area contributed by atoms with Crippen molar-refractivity contribution in [2.45, 2.75) is 156 Å². The molecule has 0 N–H and O–H groups in total. The zero-order valence-corrected chi connectivity index (χ0v) is 21.3. The van der Waals surface area contributed by atoms with Gasteiger partial charge in [-0.15, -0.1) is 0 Å². The van der Waals surface area contributed by atoms with Crippen molar-refractivity contribution in [3.8, 4) is 0 Å². The van der Waals surface area contributed by atoms with E-state index in [1.54, 1.807) is 0 Å². The second kappa shape index (κ2) is 23.1. The fraction of sp³-hybridized carbons (Fsp3) is 0.964. The Labute approximate surface area is 190 Å². The molecule has 0 aliphatic heterocycles. The lowest BCUT2D eigenvalue weighted by molar-refractivity contribution is -0.143. The van der Waals surface area contributed by atoms with Crippen molar-refractivity contribution >= 4 is 5.97 Å². The molecule has 0 amide bonds. The van der Waals surface area contributed by atoms with E-state index in [1.807, 2.05) is 0 Å².